The molecule has 0 spiro atoms. The molecule has 0 aliphatic carbocycles. The van der Waals surface area contributed by atoms with Gasteiger partial charge in [0.2, 0.25) is 0 Å². The third-order valence-corrected chi connectivity index (χ3v) is 2.74. The third-order valence-electron chi connectivity index (χ3n) is 1.84. The van der Waals surface area contributed by atoms with Crippen LogP contribution < -0.4 is 5.56 Å². The standard InChI is InChI=1S/C10H14N2O2S/c1-6(2)8(13)5-15-10-11-7(3)4-9(14)12-10/h4,6H,5H2,1-3H3,(H,11,12,14). The Bertz CT molecular complexity index is 412. The normalized spacial score (nSPS) is 10.7. The van der Waals surface area contributed by atoms with Crippen LogP contribution in [-0.2, 0) is 4.79 Å². The van der Waals surface area contributed by atoms with Crippen molar-refractivity contribution in [3.8, 4) is 0 Å². The minimum absolute atomic E-state index is 0.0223. The highest BCUT2D eigenvalue weighted by Crippen LogP contribution is 2.12. The van der Waals surface area contributed by atoms with Crippen LogP contribution in [0.2, 0.25) is 0 Å². The number of hydrogen-bond donors (Lipinski definition) is 1. The maximum absolute atomic E-state index is 11.3. The summed E-state index contributed by atoms with van der Waals surface area (Å²) in [7, 11) is 0. The number of carbonyl (C=O) groups is 1. The average Bonchev–Trinajstić information content (AvgIpc) is 2.12. The molecule has 0 aliphatic heterocycles. The summed E-state index contributed by atoms with van der Waals surface area (Å²) < 4.78 is 0. The summed E-state index contributed by atoms with van der Waals surface area (Å²) in [6.07, 6.45) is 0. The number of carbonyl (C=O) groups excluding carboxylic acids is 1. The van der Waals surface area contributed by atoms with Gasteiger partial charge in [0.25, 0.3) is 5.56 Å². The van der Waals surface area contributed by atoms with E-state index in [4.69, 9.17) is 0 Å². The van der Waals surface area contributed by atoms with Crippen LogP contribution in [-0.4, -0.2) is 21.5 Å². The number of aromatic nitrogens is 2. The molecule has 0 unspecified atom stereocenters. The van der Waals surface area contributed by atoms with Crippen LogP contribution in [0.4, 0.5) is 0 Å². The molecule has 0 fully saturated rings. The van der Waals surface area contributed by atoms with Crippen LogP contribution in [0.1, 0.15) is 19.5 Å². The lowest BCUT2D eigenvalue weighted by Crippen LogP contribution is -2.12. The van der Waals surface area contributed by atoms with Crippen molar-refractivity contribution in [3.63, 3.8) is 0 Å². The smallest absolute Gasteiger partial charge is 0.251 e. The second-order valence-electron chi connectivity index (χ2n) is 3.60. The predicted molar refractivity (Wildman–Crippen MR) is 60.2 cm³/mol. The largest absolute Gasteiger partial charge is 0.301 e. The zero-order valence-corrected chi connectivity index (χ0v) is 9.85. The highest BCUT2D eigenvalue weighted by Gasteiger charge is 2.08. The van der Waals surface area contributed by atoms with Crippen LogP contribution in [0.3, 0.4) is 0 Å². The van der Waals surface area contributed by atoms with Gasteiger partial charge in [0.15, 0.2) is 5.16 Å². The van der Waals surface area contributed by atoms with Crippen molar-refractivity contribution < 1.29 is 4.79 Å². The summed E-state index contributed by atoms with van der Waals surface area (Å²) in [6.45, 7) is 5.47. The Morgan fingerprint density at radius 3 is 2.80 bits per heavy atom. The first-order chi connectivity index (χ1) is 6.99. The number of hydrogen-bond acceptors (Lipinski definition) is 4. The topological polar surface area (TPSA) is 62.8 Å². The van der Waals surface area contributed by atoms with Crippen LogP contribution >= 0.6 is 11.8 Å². The minimum atomic E-state index is -0.179. The maximum atomic E-state index is 11.3. The number of nitrogens with zero attached hydrogens (tertiary/aromatic N) is 1. The number of ketones is 1. The highest BCUT2D eigenvalue weighted by atomic mass is 32.2. The summed E-state index contributed by atoms with van der Waals surface area (Å²) in [4.78, 5) is 29.1. The lowest BCUT2D eigenvalue weighted by atomic mass is 10.1. The van der Waals surface area contributed by atoms with E-state index in [1.165, 1.54) is 17.8 Å². The molecule has 1 N–H and O–H groups in total. The van der Waals surface area contributed by atoms with Crippen molar-refractivity contribution >= 4 is 17.5 Å². The van der Waals surface area contributed by atoms with Crippen molar-refractivity contribution in [3.05, 3.63) is 22.1 Å². The molecule has 1 aromatic heterocycles. The molecular formula is C10H14N2O2S. The number of H-pyrrole nitrogens is 1. The van der Waals surface area contributed by atoms with Gasteiger partial charge in [0, 0.05) is 17.7 Å². The summed E-state index contributed by atoms with van der Waals surface area (Å²) in [5, 5.41) is 0.508. The van der Waals surface area contributed by atoms with E-state index >= 15 is 0 Å². The zero-order valence-electron chi connectivity index (χ0n) is 9.03. The molecule has 0 saturated carbocycles. The van der Waals surface area contributed by atoms with E-state index in [2.05, 4.69) is 9.97 Å². The highest BCUT2D eigenvalue weighted by molar-refractivity contribution is 7.99. The Morgan fingerprint density at radius 1 is 1.60 bits per heavy atom. The number of Topliss-reactive ketones (excluding diaryl/α,β-unsaturated/α-hetero) is 1. The second-order valence-corrected chi connectivity index (χ2v) is 4.57. The number of rotatable bonds is 4. The van der Waals surface area contributed by atoms with Crippen LogP contribution in [0.15, 0.2) is 16.0 Å². The first-order valence-corrected chi connectivity index (χ1v) is 5.71. The molecule has 0 radical (unpaired) electrons. The molecular weight excluding hydrogens is 212 g/mol. The molecule has 0 aromatic carbocycles. The third kappa shape index (κ3) is 3.87. The van der Waals surface area contributed by atoms with Gasteiger partial charge in [0.05, 0.1) is 5.75 Å². The SMILES string of the molecule is Cc1cc(=O)[nH]c(SCC(=O)C(C)C)n1. The van der Waals surface area contributed by atoms with E-state index in [0.717, 1.165) is 0 Å². The molecule has 0 aliphatic rings. The average molecular weight is 226 g/mol. The van der Waals surface area contributed by atoms with Gasteiger partial charge in [-0.25, -0.2) is 4.98 Å². The summed E-state index contributed by atoms with van der Waals surface area (Å²) in [5.74, 6) is 0.530. The molecule has 5 heteroatoms. The number of aryl methyl sites for hydroxylation is 1. The maximum Gasteiger partial charge on any atom is 0.251 e. The predicted octanol–water partition coefficient (Wildman–Crippen LogP) is 1.40. The summed E-state index contributed by atoms with van der Waals surface area (Å²) in [5.41, 5.74) is 0.486. The monoisotopic (exact) mass is 226 g/mol. The fraction of sp³-hybridized carbons (Fsp3) is 0.500. The van der Waals surface area contributed by atoms with Gasteiger partial charge < -0.3 is 4.98 Å². The Hall–Kier alpha value is -1.10. The van der Waals surface area contributed by atoms with Gasteiger partial charge in [-0.05, 0) is 6.92 Å². The van der Waals surface area contributed by atoms with E-state index in [0.29, 0.717) is 16.6 Å². The van der Waals surface area contributed by atoms with Crippen molar-refractivity contribution in [2.24, 2.45) is 5.92 Å². The molecule has 0 amide bonds. The van der Waals surface area contributed by atoms with Crippen LogP contribution in [0.25, 0.3) is 0 Å². The number of thioether (sulfide) groups is 1. The molecule has 82 valence electrons. The molecule has 15 heavy (non-hydrogen) atoms. The van der Waals surface area contributed by atoms with E-state index in [1.54, 1.807) is 6.92 Å². The van der Waals surface area contributed by atoms with Gasteiger partial charge in [-0.15, -0.1) is 0 Å². The molecule has 0 saturated heterocycles. The molecule has 0 bridgehead atoms. The summed E-state index contributed by atoms with van der Waals surface area (Å²) >= 11 is 1.27. The first-order valence-electron chi connectivity index (χ1n) is 4.72. The molecule has 1 aromatic rings. The van der Waals surface area contributed by atoms with E-state index in [1.807, 2.05) is 13.8 Å². The fourth-order valence-electron chi connectivity index (χ4n) is 0.926. The van der Waals surface area contributed by atoms with Gasteiger partial charge in [-0.3, -0.25) is 9.59 Å². The Kier molecular flexibility index (Phi) is 4.08. The van der Waals surface area contributed by atoms with Crippen molar-refractivity contribution in [2.45, 2.75) is 25.9 Å². The Morgan fingerprint density at radius 2 is 2.27 bits per heavy atom. The van der Waals surface area contributed by atoms with Crippen molar-refractivity contribution in [1.82, 2.24) is 9.97 Å². The fourth-order valence-corrected chi connectivity index (χ4v) is 1.92. The Balaban J connectivity index is 2.66. The summed E-state index contributed by atoms with van der Waals surface area (Å²) in [6, 6.07) is 1.42. The molecule has 4 nitrogen and oxygen atoms in total. The molecule has 0 atom stereocenters. The van der Waals surface area contributed by atoms with E-state index in [9.17, 15) is 9.59 Å². The van der Waals surface area contributed by atoms with Crippen molar-refractivity contribution in [1.29, 1.82) is 0 Å². The van der Waals surface area contributed by atoms with Gasteiger partial charge in [-0.1, -0.05) is 25.6 Å². The van der Waals surface area contributed by atoms with Gasteiger partial charge >= 0.3 is 0 Å². The first kappa shape index (κ1) is 12.0. The number of aromatic amines is 1. The second kappa shape index (κ2) is 5.11. The molecule has 1 heterocycles. The van der Waals surface area contributed by atoms with Crippen molar-refractivity contribution in [2.75, 3.05) is 5.75 Å². The van der Waals surface area contributed by atoms with Gasteiger partial charge in [0.1, 0.15) is 5.78 Å². The minimum Gasteiger partial charge on any atom is -0.301 e. The van der Waals surface area contributed by atoms with Gasteiger partial charge in [-0.2, -0.15) is 0 Å². The lowest BCUT2D eigenvalue weighted by Gasteiger charge is -2.03. The van der Waals surface area contributed by atoms with Crippen LogP contribution in [0, 0.1) is 12.8 Å². The van der Waals surface area contributed by atoms with Crippen LogP contribution in [0.5, 0.6) is 0 Å². The zero-order chi connectivity index (χ0) is 11.4. The number of nitrogens with one attached hydrogen (secondary N) is 1. The molecule has 1 rings (SSSR count). The Labute approximate surface area is 92.5 Å². The lowest BCUT2D eigenvalue weighted by molar-refractivity contribution is -0.119. The van der Waals surface area contributed by atoms with E-state index < -0.39 is 0 Å². The quantitative estimate of drug-likeness (QED) is 0.622. The van der Waals surface area contributed by atoms with E-state index in [-0.39, 0.29) is 17.3 Å².